The second-order valence-electron chi connectivity index (χ2n) is 5.59. The highest BCUT2D eigenvalue weighted by atomic mass is 35.5. The molecule has 1 saturated heterocycles. The molecule has 3 rings (SSSR count). The summed E-state index contributed by atoms with van der Waals surface area (Å²) < 4.78 is 0. The molecule has 1 aromatic heterocycles. The fourth-order valence-corrected chi connectivity index (χ4v) is 3.17. The van der Waals surface area contributed by atoms with Crippen LogP contribution in [-0.2, 0) is 0 Å². The molecule has 2 aromatic rings. The number of carbonyl (C=O) groups excluding carboxylic acids is 1. The SMILES string of the molecule is O=C(c1ccc(-c2ccnc(Cl)c2)c(Cl)c1)N1CCC(O)CC1. The van der Waals surface area contributed by atoms with Crippen LogP contribution in [0.3, 0.4) is 0 Å². The van der Waals surface area contributed by atoms with Gasteiger partial charge in [0, 0.05) is 35.4 Å². The van der Waals surface area contributed by atoms with Crippen molar-refractivity contribution in [2.45, 2.75) is 18.9 Å². The maximum absolute atomic E-state index is 12.5. The van der Waals surface area contributed by atoms with Gasteiger partial charge >= 0.3 is 0 Å². The van der Waals surface area contributed by atoms with Crippen LogP contribution in [-0.4, -0.2) is 40.1 Å². The predicted molar refractivity (Wildman–Crippen MR) is 90.8 cm³/mol. The average molecular weight is 351 g/mol. The van der Waals surface area contributed by atoms with E-state index in [1.165, 1.54) is 0 Å². The zero-order chi connectivity index (χ0) is 16.4. The van der Waals surface area contributed by atoms with Crippen molar-refractivity contribution in [1.82, 2.24) is 9.88 Å². The lowest BCUT2D eigenvalue weighted by Crippen LogP contribution is -2.40. The van der Waals surface area contributed by atoms with Crippen molar-refractivity contribution >= 4 is 29.1 Å². The van der Waals surface area contributed by atoms with Gasteiger partial charge in [-0.25, -0.2) is 4.98 Å². The first-order chi connectivity index (χ1) is 11.0. The largest absolute Gasteiger partial charge is 0.393 e. The summed E-state index contributed by atoms with van der Waals surface area (Å²) in [5, 5.41) is 10.4. The van der Waals surface area contributed by atoms with Crippen molar-refractivity contribution in [2.24, 2.45) is 0 Å². The van der Waals surface area contributed by atoms with Crippen molar-refractivity contribution in [3.63, 3.8) is 0 Å². The summed E-state index contributed by atoms with van der Waals surface area (Å²) in [5.74, 6) is -0.0573. The molecule has 1 aliphatic rings. The number of aliphatic hydroxyl groups excluding tert-OH is 1. The summed E-state index contributed by atoms with van der Waals surface area (Å²) in [4.78, 5) is 18.2. The second kappa shape index (κ2) is 6.87. The summed E-state index contributed by atoms with van der Waals surface area (Å²) >= 11 is 12.3. The van der Waals surface area contributed by atoms with Gasteiger partial charge in [0.15, 0.2) is 0 Å². The van der Waals surface area contributed by atoms with E-state index < -0.39 is 0 Å². The Labute approximate surface area is 144 Å². The van der Waals surface area contributed by atoms with E-state index in [0.29, 0.717) is 41.7 Å². The molecule has 0 atom stereocenters. The maximum Gasteiger partial charge on any atom is 0.253 e. The Hall–Kier alpha value is -1.62. The van der Waals surface area contributed by atoms with Gasteiger partial charge in [0.05, 0.1) is 6.10 Å². The van der Waals surface area contributed by atoms with Crippen LogP contribution in [0, 0.1) is 0 Å². The lowest BCUT2D eigenvalue weighted by Gasteiger charge is -2.29. The number of amides is 1. The molecule has 1 aromatic carbocycles. The zero-order valence-corrected chi connectivity index (χ0v) is 13.9. The van der Waals surface area contributed by atoms with E-state index in [0.717, 1.165) is 11.1 Å². The lowest BCUT2D eigenvalue weighted by atomic mass is 10.0. The number of benzene rings is 1. The maximum atomic E-state index is 12.5. The Morgan fingerprint density at radius 1 is 1.17 bits per heavy atom. The van der Waals surface area contributed by atoms with E-state index in [4.69, 9.17) is 23.2 Å². The normalized spacial score (nSPS) is 15.7. The summed E-state index contributed by atoms with van der Waals surface area (Å²) in [6.45, 7) is 1.14. The minimum absolute atomic E-state index is 0.0573. The number of pyridine rings is 1. The summed E-state index contributed by atoms with van der Waals surface area (Å²) in [7, 11) is 0. The summed E-state index contributed by atoms with van der Waals surface area (Å²) in [5.41, 5.74) is 2.21. The molecule has 0 aliphatic carbocycles. The van der Waals surface area contributed by atoms with Crippen LogP contribution in [0.2, 0.25) is 10.2 Å². The topological polar surface area (TPSA) is 53.4 Å². The highest BCUT2D eigenvalue weighted by Crippen LogP contribution is 2.30. The van der Waals surface area contributed by atoms with Gasteiger partial charge in [-0.15, -0.1) is 0 Å². The fraction of sp³-hybridized carbons (Fsp3) is 0.294. The number of carbonyl (C=O) groups is 1. The summed E-state index contributed by atoms with van der Waals surface area (Å²) in [6.07, 6.45) is 2.55. The van der Waals surface area contributed by atoms with Crippen molar-refractivity contribution in [3.05, 3.63) is 52.3 Å². The molecule has 4 nitrogen and oxygen atoms in total. The lowest BCUT2D eigenvalue weighted by molar-refractivity contribution is 0.0546. The highest BCUT2D eigenvalue weighted by Gasteiger charge is 2.22. The first-order valence-corrected chi connectivity index (χ1v) is 8.19. The Balaban J connectivity index is 1.83. The molecule has 1 aliphatic heterocycles. The molecule has 120 valence electrons. The van der Waals surface area contributed by atoms with Crippen LogP contribution in [0.25, 0.3) is 11.1 Å². The van der Waals surface area contributed by atoms with Gasteiger partial charge in [-0.1, -0.05) is 29.3 Å². The smallest absolute Gasteiger partial charge is 0.253 e. The van der Waals surface area contributed by atoms with Crippen LogP contribution in [0.4, 0.5) is 0 Å². The number of aliphatic hydroxyl groups is 1. The number of hydrogen-bond donors (Lipinski definition) is 1. The third-order valence-electron chi connectivity index (χ3n) is 4.01. The van der Waals surface area contributed by atoms with Crippen molar-refractivity contribution in [3.8, 4) is 11.1 Å². The molecule has 23 heavy (non-hydrogen) atoms. The van der Waals surface area contributed by atoms with Crippen molar-refractivity contribution in [2.75, 3.05) is 13.1 Å². The van der Waals surface area contributed by atoms with E-state index in [9.17, 15) is 9.90 Å². The van der Waals surface area contributed by atoms with E-state index in [2.05, 4.69) is 4.98 Å². The Morgan fingerprint density at radius 2 is 1.91 bits per heavy atom. The van der Waals surface area contributed by atoms with Gasteiger partial charge < -0.3 is 10.0 Å². The van der Waals surface area contributed by atoms with Crippen LogP contribution < -0.4 is 0 Å². The number of hydrogen-bond acceptors (Lipinski definition) is 3. The molecule has 0 unspecified atom stereocenters. The van der Waals surface area contributed by atoms with Gasteiger partial charge in [-0.2, -0.15) is 0 Å². The molecular weight excluding hydrogens is 335 g/mol. The summed E-state index contributed by atoms with van der Waals surface area (Å²) in [6, 6.07) is 8.82. The van der Waals surface area contributed by atoms with Crippen LogP contribution in [0.15, 0.2) is 36.5 Å². The minimum atomic E-state index is -0.304. The van der Waals surface area contributed by atoms with Gasteiger partial charge in [-0.3, -0.25) is 4.79 Å². The molecule has 1 N–H and O–H groups in total. The number of halogens is 2. The molecule has 6 heteroatoms. The molecule has 0 bridgehead atoms. The quantitative estimate of drug-likeness (QED) is 0.841. The van der Waals surface area contributed by atoms with E-state index >= 15 is 0 Å². The van der Waals surface area contributed by atoms with Crippen molar-refractivity contribution in [1.29, 1.82) is 0 Å². The number of rotatable bonds is 2. The van der Waals surface area contributed by atoms with Gasteiger partial charge in [0.25, 0.3) is 5.91 Å². The Morgan fingerprint density at radius 3 is 2.57 bits per heavy atom. The molecule has 1 fully saturated rings. The van der Waals surface area contributed by atoms with Gasteiger partial charge in [0.1, 0.15) is 5.15 Å². The van der Waals surface area contributed by atoms with E-state index in [-0.39, 0.29) is 12.0 Å². The molecule has 0 saturated carbocycles. The molecule has 1 amide bonds. The monoisotopic (exact) mass is 350 g/mol. The Bertz CT molecular complexity index is 728. The predicted octanol–water partition coefficient (Wildman–Crippen LogP) is 3.65. The number of piperidine rings is 1. The van der Waals surface area contributed by atoms with Crippen LogP contribution in [0.1, 0.15) is 23.2 Å². The number of aromatic nitrogens is 1. The van der Waals surface area contributed by atoms with E-state index in [1.54, 1.807) is 29.3 Å². The van der Waals surface area contributed by atoms with Gasteiger partial charge in [-0.05, 0) is 42.7 Å². The average Bonchev–Trinajstić information content (AvgIpc) is 2.55. The number of likely N-dealkylation sites (tertiary alicyclic amines) is 1. The Kier molecular flexibility index (Phi) is 4.85. The van der Waals surface area contributed by atoms with Crippen LogP contribution >= 0.6 is 23.2 Å². The third kappa shape index (κ3) is 3.66. The molecule has 0 radical (unpaired) electrons. The van der Waals surface area contributed by atoms with Gasteiger partial charge in [0.2, 0.25) is 0 Å². The minimum Gasteiger partial charge on any atom is -0.393 e. The van der Waals surface area contributed by atoms with E-state index in [1.807, 2.05) is 12.1 Å². The van der Waals surface area contributed by atoms with Crippen molar-refractivity contribution < 1.29 is 9.90 Å². The molecular formula is C17H16Cl2N2O2. The first kappa shape index (κ1) is 16.2. The third-order valence-corrected chi connectivity index (χ3v) is 4.52. The highest BCUT2D eigenvalue weighted by molar-refractivity contribution is 6.34. The fourth-order valence-electron chi connectivity index (χ4n) is 2.70. The zero-order valence-electron chi connectivity index (χ0n) is 12.4. The molecule has 2 heterocycles. The van der Waals surface area contributed by atoms with Crippen LogP contribution in [0.5, 0.6) is 0 Å². The standard InChI is InChI=1S/C17H16Cl2N2O2/c18-15-9-12(17(23)21-7-4-13(22)5-8-21)1-2-14(15)11-3-6-20-16(19)10-11/h1-3,6,9-10,13,22H,4-5,7-8H2. The second-order valence-corrected chi connectivity index (χ2v) is 6.38. The first-order valence-electron chi connectivity index (χ1n) is 7.43. The number of nitrogens with zero attached hydrogens (tertiary/aromatic N) is 2. The molecule has 0 spiro atoms.